The summed E-state index contributed by atoms with van der Waals surface area (Å²) in [4.78, 5) is 4.07. The summed E-state index contributed by atoms with van der Waals surface area (Å²) in [5.74, 6) is 1.20. The summed E-state index contributed by atoms with van der Waals surface area (Å²) in [5, 5.41) is 3.31. The summed E-state index contributed by atoms with van der Waals surface area (Å²) in [5.41, 5.74) is 1.08. The Hall–Kier alpha value is -0.220. The summed E-state index contributed by atoms with van der Waals surface area (Å²) in [6, 6.07) is 2.03. The van der Waals surface area contributed by atoms with Crippen LogP contribution in [0.25, 0.3) is 0 Å². The Kier molecular flexibility index (Phi) is 5.23. The van der Waals surface area contributed by atoms with Crippen LogP contribution >= 0.6 is 27.7 Å². The molecule has 0 saturated heterocycles. The standard InChI is InChI=1S/C9H13BrN2S/c1-13-4-2-3-12-9-5-8(10)6-11-7-9/h5-7,12H,2-4H2,1H3. The molecule has 0 aliphatic heterocycles. The van der Waals surface area contributed by atoms with Gasteiger partial charge in [-0.2, -0.15) is 11.8 Å². The van der Waals surface area contributed by atoms with Gasteiger partial charge in [0.25, 0.3) is 0 Å². The van der Waals surface area contributed by atoms with Crippen LogP contribution in [0.15, 0.2) is 22.9 Å². The molecular weight excluding hydrogens is 248 g/mol. The van der Waals surface area contributed by atoms with E-state index in [1.807, 2.05) is 24.0 Å². The monoisotopic (exact) mass is 260 g/mol. The third-order valence-corrected chi connectivity index (χ3v) is 2.69. The van der Waals surface area contributed by atoms with Crippen LogP contribution in [-0.2, 0) is 0 Å². The molecule has 1 aromatic heterocycles. The molecule has 0 amide bonds. The van der Waals surface area contributed by atoms with Crippen LogP contribution in [0, 0.1) is 0 Å². The van der Waals surface area contributed by atoms with Crippen molar-refractivity contribution in [1.82, 2.24) is 4.98 Å². The number of hydrogen-bond acceptors (Lipinski definition) is 3. The normalized spacial score (nSPS) is 10.0. The van der Waals surface area contributed by atoms with Crippen molar-refractivity contribution in [1.29, 1.82) is 0 Å². The predicted molar refractivity (Wildman–Crippen MR) is 63.4 cm³/mol. The quantitative estimate of drug-likeness (QED) is 0.825. The van der Waals surface area contributed by atoms with Gasteiger partial charge in [-0.3, -0.25) is 4.98 Å². The first-order valence-electron chi connectivity index (χ1n) is 4.16. The van der Waals surface area contributed by atoms with Crippen LogP contribution in [0.4, 0.5) is 5.69 Å². The highest BCUT2D eigenvalue weighted by Crippen LogP contribution is 2.13. The number of aromatic nitrogens is 1. The molecular formula is C9H13BrN2S. The minimum Gasteiger partial charge on any atom is -0.384 e. The van der Waals surface area contributed by atoms with E-state index in [4.69, 9.17) is 0 Å². The van der Waals surface area contributed by atoms with Crippen LogP contribution in [0.5, 0.6) is 0 Å². The smallest absolute Gasteiger partial charge is 0.0538 e. The highest BCUT2D eigenvalue weighted by molar-refractivity contribution is 9.10. The van der Waals surface area contributed by atoms with E-state index in [2.05, 4.69) is 32.5 Å². The molecule has 0 unspecified atom stereocenters. The molecule has 0 spiro atoms. The SMILES string of the molecule is CSCCCNc1cncc(Br)c1. The van der Waals surface area contributed by atoms with Gasteiger partial charge in [0, 0.05) is 17.2 Å². The molecule has 4 heteroatoms. The summed E-state index contributed by atoms with van der Waals surface area (Å²) in [6.07, 6.45) is 6.94. The van der Waals surface area contributed by atoms with Gasteiger partial charge in [-0.15, -0.1) is 0 Å². The number of halogens is 1. The molecule has 13 heavy (non-hydrogen) atoms. The average molecular weight is 261 g/mol. The predicted octanol–water partition coefficient (Wildman–Crippen LogP) is 3.01. The third-order valence-electron chi connectivity index (χ3n) is 1.56. The fraction of sp³-hybridized carbons (Fsp3) is 0.444. The zero-order valence-corrected chi connectivity index (χ0v) is 9.99. The van der Waals surface area contributed by atoms with E-state index in [0.717, 1.165) is 16.7 Å². The fourth-order valence-electron chi connectivity index (χ4n) is 0.958. The molecule has 0 fully saturated rings. The van der Waals surface area contributed by atoms with Crippen LogP contribution in [-0.4, -0.2) is 23.5 Å². The lowest BCUT2D eigenvalue weighted by Crippen LogP contribution is -2.02. The first-order chi connectivity index (χ1) is 6.33. The summed E-state index contributed by atoms with van der Waals surface area (Å²) in [7, 11) is 0. The fourth-order valence-corrected chi connectivity index (χ4v) is 1.76. The van der Waals surface area contributed by atoms with Gasteiger partial charge in [-0.05, 0) is 40.4 Å². The molecule has 1 aromatic rings. The largest absolute Gasteiger partial charge is 0.384 e. The second-order valence-corrected chi connectivity index (χ2v) is 4.57. The number of anilines is 1. The van der Waals surface area contributed by atoms with Crippen molar-refractivity contribution in [3.8, 4) is 0 Å². The first kappa shape index (κ1) is 10.9. The summed E-state index contributed by atoms with van der Waals surface area (Å²) < 4.78 is 1.02. The highest BCUT2D eigenvalue weighted by Gasteiger charge is 1.92. The maximum atomic E-state index is 4.07. The number of nitrogens with one attached hydrogen (secondary N) is 1. The van der Waals surface area contributed by atoms with E-state index in [9.17, 15) is 0 Å². The molecule has 1 heterocycles. The van der Waals surface area contributed by atoms with Crippen molar-refractivity contribution in [3.63, 3.8) is 0 Å². The van der Waals surface area contributed by atoms with Gasteiger partial charge >= 0.3 is 0 Å². The average Bonchev–Trinajstić information content (AvgIpc) is 2.13. The highest BCUT2D eigenvalue weighted by atomic mass is 79.9. The molecule has 0 atom stereocenters. The Morgan fingerprint density at radius 1 is 1.54 bits per heavy atom. The van der Waals surface area contributed by atoms with E-state index < -0.39 is 0 Å². The lowest BCUT2D eigenvalue weighted by Gasteiger charge is -2.04. The van der Waals surface area contributed by atoms with E-state index >= 15 is 0 Å². The summed E-state index contributed by atoms with van der Waals surface area (Å²) in [6.45, 7) is 1.01. The number of pyridine rings is 1. The Labute approximate surface area is 91.7 Å². The lowest BCUT2D eigenvalue weighted by atomic mass is 10.4. The second-order valence-electron chi connectivity index (χ2n) is 2.66. The molecule has 0 radical (unpaired) electrons. The minimum atomic E-state index is 1.01. The van der Waals surface area contributed by atoms with Gasteiger partial charge in [0.1, 0.15) is 0 Å². The van der Waals surface area contributed by atoms with Crippen molar-refractivity contribution >= 4 is 33.4 Å². The van der Waals surface area contributed by atoms with Crippen LogP contribution in [0.1, 0.15) is 6.42 Å². The third kappa shape index (κ3) is 4.52. The zero-order valence-electron chi connectivity index (χ0n) is 7.59. The number of rotatable bonds is 5. The van der Waals surface area contributed by atoms with Gasteiger partial charge < -0.3 is 5.32 Å². The van der Waals surface area contributed by atoms with Gasteiger partial charge in [-0.1, -0.05) is 0 Å². The molecule has 0 aromatic carbocycles. The van der Waals surface area contributed by atoms with Crippen molar-refractivity contribution in [2.45, 2.75) is 6.42 Å². The molecule has 0 aliphatic carbocycles. The molecule has 72 valence electrons. The minimum absolute atomic E-state index is 1.01. The molecule has 0 bridgehead atoms. The molecule has 2 nitrogen and oxygen atoms in total. The van der Waals surface area contributed by atoms with E-state index in [0.29, 0.717) is 0 Å². The van der Waals surface area contributed by atoms with E-state index in [1.165, 1.54) is 12.2 Å². The van der Waals surface area contributed by atoms with Gasteiger partial charge in [0.05, 0.1) is 11.9 Å². The Balaban J connectivity index is 2.28. The Morgan fingerprint density at radius 3 is 3.08 bits per heavy atom. The topological polar surface area (TPSA) is 24.9 Å². The van der Waals surface area contributed by atoms with Crippen LogP contribution in [0.3, 0.4) is 0 Å². The maximum absolute atomic E-state index is 4.07. The van der Waals surface area contributed by atoms with Crippen LogP contribution in [0.2, 0.25) is 0 Å². The summed E-state index contributed by atoms with van der Waals surface area (Å²) >= 11 is 5.25. The van der Waals surface area contributed by atoms with Crippen LogP contribution < -0.4 is 5.32 Å². The number of nitrogens with zero attached hydrogens (tertiary/aromatic N) is 1. The molecule has 1 N–H and O–H groups in total. The van der Waals surface area contributed by atoms with Gasteiger partial charge in [-0.25, -0.2) is 0 Å². The lowest BCUT2D eigenvalue weighted by molar-refractivity contribution is 0.990. The number of thioether (sulfide) groups is 1. The van der Waals surface area contributed by atoms with Crippen molar-refractivity contribution in [2.24, 2.45) is 0 Å². The molecule has 0 aliphatic rings. The molecule has 0 saturated carbocycles. The Bertz CT molecular complexity index is 255. The molecule has 1 rings (SSSR count). The van der Waals surface area contributed by atoms with Crippen molar-refractivity contribution in [3.05, 3.63) is 22.9 Å². The zero-order chi connectivity index (χ0) is 9.52. The van der Waals surface area contributed by atoms with Gasteiger partial charge in [0.2, 0.25) is 0 Å². The maximum Gasteiger partial charge on any atom is 0.0538 e. The van der Waals surface area contributed by atoms with E-state index in [-0.39, 0.29) is 0 Å². The second kappa shape index (κ2) is 6.27. The van der Waals surface area contributed by atoms with Gasteiger partial charge in [0.15, 0.2) is 0 Å². The van der Waals surface area contributed by atoms with Crippen molar-refractivity contribution in [2.75, 3.05) is 23.9 Å². The van der Waals surface area contributed by atoms with Crippen molar-refractivity contribution < 1.29 is 0 Å². The number of hydrogen-bond donors (Lipinski definition) is 1. The van der Waals surface area contributed by atoms with E-state index in [1.54, 1.807) is 6.20 Å². The first-order valence-corrected chi connectivity index (χ1v) is 6.35. The Morgan fingerprint density at radius 2 is 2.38 bits per heavy atom.